The molecule has 3 amide bonds. The summed E-state index contributed by atoms with van der Waals surface area (Å²) in [4.78, 5) is 94.5. The molecule has 3 aromatic rings. The lowest BCUT2D eigenvalue weighted by Crippen LogP contribution is -2.57. The smallest absolute Gasteiger partial charge is 0.337 e. The fourth-order valence-corrected chi connectivity index (χ4v) is 6.00. The lowest BCUT2D eigenvalue weighted by molar-refractivity contribution is -0.159. The summed E-state index contributed by atoms with van der Waals surface area (Å²) in [6, 6.07) is 17.1. The fourth-order valence-electron chi connectivity index (χ4n) is 6.00. The highest BCUT2D eigenvalue weighted by atomic mass is 16.6. The predicted molar refractivity (Wildman–Crippen MR) is 201 cm³/mol. The third-order valence-electron chi connectivity index (χ3n) is 8.25. The molecule has 3 atom stereocenters. The average molecular weight is 772 g/mol. The van der Waals surface area contributed by atoms with E-state index in [-0.39, 0.29) is 34.7 Å². The molecule has 0 aromatic heterocycles. The van der Waals surface area contributed by atoms with Crippen LogP contribution >= 0.6 is 0 Å². The summed E-state index contributed by atoms with van der Waals surface area (Å²) in [5, 5.41) is 13.8. The molecule has 0 saturated carbocycles. The van der Waals surface area contributed by atoms with E-state index in [0.717, 1.165) is 25.7 Å². The van der Waals surface area contributed by atoms with Gasteiger partial charge in [-0.1, -0.05) is 62.4 Å². The molecule has 0 aliphatic carbocycles. The molecule has 2 N–H and O–H groups in total. The van der Waals surface area contributed by atoms with Crippen LogP contribution in [0.25, 0.3) is 5.70 Å². The van der Waals surface area contributed by atoms with Crippen LogP contribution in [0.3, 0.4) is 0 Å². The van der Waals surface area contributed by atoms with E-state index in [9.17, 15) is 38.7 Å². The number of nitrogens with zero attached hydrogens (tertiary/aromatic N) is 2. The van der Waals surface area contributed by atoms with Gasteiger partial charge in [0.05, 0.1) is 17.8 Å². The first-order valence-corrected chi connectivity index (χ1v) is 17.8. The molecule has 1 aliphatic heterocycles. The van der Waals surface area contributed by atoms with Gasteiger partial charge in [0.1, 0.15) is 12.6 Å². The number of hydrogen-bond acceptors (Lipinski definition) is 12. The van der Waals surface area contributed by atoms with Crippen molar-refractivity contribution in [2.75, 3.05) is 6.54 Å². The number of carbonyl (C=O) groups is 7. The van der Waals surface area contributed by atoms with Crippen molar-refractivity contribution in [2.45, 2.75) is 79.2 Å². The van der Waals surface area contributed by atoms with E-state index >= 15 is 0 Å². The Morgan fingerprint density at radius 2 is 1.32 bits per heavy atom. The van der Waals surface area contributed by atoms with Gasteiger partial charge in [0.25, 0.3) is 11.8 Å². The van der Waals surface area contributed by atoms with Crippen LogP contribution in [0.2, 0.25) is 0 Å². The molecule has 3 aromatic carbocycles. The summed E-state index contributed by atoms with van der Waals surface area (Å²) in [7, 11) is 0. The minimum Gasteiger partial charge on any atom is -0.461 e. The number of esters is 4. The molecule has 15 nitrogen and oxygen atoms in total. The zero-order valence-corrected chi connectivity index (χ0v) is 32.1. The quantitative estimate of drug-likeness (QED) is 0.178. The normalized spacial score (nSPS) is 15.1. The third-order valence-corrected chi connectivity index (χ3v) is 8.25. The van der Waals surface area contributed by atoms with E-state index in [1.54, 1.807) is 88.4 Å². The molecule has 15 heteroatoms. The second kappa shape index (κ2) is 18.8. The SMILES string of the molecule is CC(=O)Oc1cc(C2=CN(C(=O)c3ccccc3)C(C(C)C)C(=O)N2CC(=O)N[C@@H](Cc2ccccc2)C(O)C(=O)OC(C)C)cc(OC(C)=O)c1OC(C)=O. The highest BCUT2D eigenvalue weighted by Crippen LogP contribution is 2.43. The summed E-state index contributed by atoms with van der Waals surface area (Å²) < 4.78 is 21.2. The largest absolute Gasteiger partial charge is 0.461 e. The number of hydrogen-bond donors (Lipinski definition) is 2. The topological polar surface area (TPSA) is 195 Å². The Labute approximate surface area is 324 Å². The summed E-state index contributed by atoms with van der Waals surface area (Å²) >= 11 is 0. The monoisotopic (exact) mass is 771 g/mol. The van der Waals surface area contributed by atoms with Gasteiger partial charge in [-0.25, -0.2) is 4.79 Å². The Morgan fingerprint density at radius 1 is 0.786 bits per heavy atom. The number of aliphatic hydroxyl groups is 1. The van der Waals surface area contributed by atoms with Crippen LogP contribution < -0.4 is 19.5 Å². The van der Waals surface area contributed by atoms with Gasteiger partial charge in [-0.15, -0.1) is 0 Å². The van der Waals surface area contributed by atoms with Gasteiger partial charge in [0, 0.05) is 38.1 Å². The lowest BCUT2D eigenvalue weighted by Gasteiger charge is -2.41. The van der Waals surface area contributed by atoms with E-state index in [0.29, 0.717) is 5.56 Å². The van der Waals surface area contributed by atoms with Crippen LogP contribution in [-0.2, 0) is 39.9 Å². The minimum absolute atomic E-state index is 0.00370. The third kappa shape index (κ3) is 10.9. The number of benzene rings is 3. The van der Waals surface area contributed by atoms with E-state index in [1.165, 1.54) is 23.2 Å². The Kier molecular flexibility index (Phi) is 14.2. The van der Waals surface area contributed by atoms with Crippen molar-refractivity contribution >= 4 is 47.3 Å². The van der Waals surface area contributed by atoms with Crippen molar-refractivity contribution in [1.82, 2.24) is 15.1 Å². The summed E-state index contributed by atoms with van der Waals surface area (Å²) in [6.45, 7) is 9.22. The van der Waals surface area contributed by atoms with Crippen molar-refractivity contribution in [3.05, 3.63) is 95.7 Å². The average Bonchev–Trinajstić information content (AvgIpc) is 3.12. The predicted octanol–water partition coefficient (Wildman–Crippen LogP) is 3.81. The first-order valence-electron chi connectivity index (χ1n) is 17.8. The van der Waals surface area contributed by atoms with Crippen molar-refractivity contribution in [3.63, 3.8) is 0 Å². The number of aliphatic hydroxyl groups excluding tert-OH is 1. The Balaban J connectivity index is 1.89. The van der Waals surface area contributed by atoms with Gasteiger partial charge in [0.15, 0.2) is 17.6 Å². The van der Waals surface area contributed by atoms with Gasteiger partial charge in [-0.3, -0.25) is 33.7 Å². The van der Waals surface area contributed by atoms with Crippen LogP contribution in [0.15, 0.2) is 79.0 Å². The maximum Gasteiger partial charge on any atom is 0.337 e. The number of amides is 3. The number of nitrogens with one attached hydrogen (secondary N) is 1. The van der Waals surface area contributed by atoms with Crippen molar-refractivity contribution in [3.8, 4) is 17.2 Å². The van der Waals surface area contributed by atoms with Crippen LogP contribution in [-0.4, -0.2) is 87.3 Å². The summed E-state index contributed by atoms with van der Waals surface area (Å²) in [5.74, 6) is -7.18. The molecular formula is C41H45N3O12. The highest BCUT2D eigenvalue weighted by Gasteiger charge is 2.42. The zero-order valence-electron chi connectivity index (χ0n) is 32.1. The molecule has 56 heavy (non-hydrogen) atoms. The molecule has 2 unspecified atom stereocenters. The summed E-state index contributed by atoms with van der Waals surface area (Å²) in [6.07, 6.45) is -0.983. The first kappa shape index (κ1) is 42.4. The maximum absolute atomic E-state index is 14.7. The van der Waals surface area contributed by atoms with Gasteiger partial charge in [-0.2, -0.15) is 0 Å². The van der Waals surface area contributed by atoms with Crippen molar-refractivity contribution in [1.29, 1.82) is 0 Å². The molecule has 4 rings (SSSR count). The number of rotatable bonds is 14. The molecule has 0 fully saturated rings. The van der Waals surface area contributed by atoms with Crippen LogP contribution in [0, 0.1) is 5.92 Å². The first-order chi connectivity index (χ1) is 26.5. The van der Waals surface area contributed by atoms with Crippen LogP contribution in [0.5, 0.6) is 17.2 Å². The molecule has 0 saturated heterocycles. The van der Waals surface area contributed by atoms with Gasteiger partial charge in [-0.05, 0) is 56.0 Å². The molecule has 0 spiro atoms. The Morgan fingerprint density at radius 3 is 1.82 bits per heavy atom. The van der Waals surface area contributed by atoms with Crippen LogP contribution in [0.1, 0.15) is 70.0 Å². The zero-order chi connectivity index (χ0) is 41.3. The fraction of sp³-hybridized carbons (Fsp3) is 0.341. The van der Waals surface area contributed by atoms with Gasteiger partial charge < -0.3 is 34.3 Å². The Hall–Kier alpha value is -6.35. The van der Waals surface area contributed by atoms with E-state index in [1.807, 2.05) is 0 Å². The van der Waals surface area contributed by atoms with E-state index < -0.39 is 84.1 Å². The molecular weight excluding hydrogens is 726 g/mol. The number of carbonyl (C=O) groups excluding carboxylic acids is 7. The molecule has 0 bridgehead atoms. The van der Waals surface area contributed by atoms with Gasteiger partial charge in [0.2, 0.25) is 11.7 Å². The van der Waals surface area contributed by atoms with Crippen LogP contribution in [0.4, 0.5) is 0 Å². The lowest BCUT2D eigenvalue weighted by atomic mass is 9.95. The molecule has 1 aliphatic rings. The van der Waals surface area contributed by atoms with Gasteiger partial charge >= 0.3 is 23.9 Å². The van der Waals surface area contributed by atoms with E-state index in [2.05, 4.69) is 5.32 Å². The number of ether oxygens (including phenoxy) is 4. The standard InChI is InChI=1S/C41H45N3O12/c1-23(2)36-40(51)43(22-35(48)42-31(18-28-14-10-8-11-15-28)37(49)41(52)53-24(3)4)32(21-44(36)39(50)29-16-12-9-13-17-29)30-19-33(54-25(5)45)38(56-27(7)47)34(20-30)55-26(6)46/h8-17,19-21,23-24,31,36-37,49H,18,22H2,1-7H3,(H,42,48)/t31-,36?,37?/m0/s1. The minimum atomic E-state index is -1.79. The molecule has 0 radical (unpaired) electrons. The molecule has 1 heterocycles. The van der Waals surface area contributed by atoms with Crippen molar-refractivity contribution < 1.29 is 57.6 Å². The van der Waals surface area contributed by atoms with E-state index in [4.69, 9.17) is 18.9 Å². The summed E-state index contributed by atoms with van der Waals surface area (Å²) in [5.41, 5.74) is 0.860. The second-order valence-electron chi connectivity index (χ2n) is 13.6. The second-order valence-corrected chi connectivity index (χ2v) is 13.6. The highest BCUT2D eigenvalue weighted by molar-refractivity contribution is 6.04. The molecule has 296 valence electrons. The Bertz CT molecular complexity index is 1960. The maximum atomic E-state index is 14.7. The van der Waals surface area contributed by atoms with Crippen molar-refractivity contribution in [2.24, 2.45) is 5.92 Å².